The van der Waals surface area contributed by atoms with Gasteiger partial charge in [-0.3, -0.25) is 4.79 Å². The van der Waals surface area contributed by atoms with Crippen LogP contribution in [0.3, 0.4) is 0 Å². The van der Waals surface area contributed by atoms with Crippen LogP contribution in [-0.4, -0.2) is 11.9 Å². The van der Waals surface area contributed by atoms with Crippen LogP contribution < -0.4 is 11.5 Å². The number of rotatable bonds is 4. The fourth-order valence-corrected chi connectivity index (χ4v) is 3.07. The molecule has 3 rings (SSSR count). The van der Waals surface area contributed by atoms with Crippen molar-refractivity contribution in [2.24, 2.45) is 16.5 Å². The molecule has 0 saturated carbocycles. The molecule has 5 heteroatoms. The zero-order chi connectivity index (χ0) is 17.8. The Hall–Kier alpha value is -2.85. The maximum Gasteiger partial charge on any atom is 0.256 e. The second kappa shape index (κ2) is 7.36. The molecule has 126 valence electrons. The van der Waals surface area contributed by atoms with Gasteiger partial charge in [-0.15, -0.1) is 0 Å². The number of carbonyl (C=O) groups is 1. The topological polar surface area (TPSA) is 81.5 Å². The van der Waals surface area contributed by atoms with Gasteiger partial charge in [-0.25, -0.2) is 0 Å². The maximum absolute atomic E-state index is 12.7. The average molecular weight is 352 g/mol. The summed E-state index contributed by atoms with van der Waals surface area (Å²) in [6.45, 7) is 0. The lowest BCUT2D eigenvalue weighted by Gasteiger charge is -2.17. The summed E-state index contributed by atoms with van der Waals surface area (Å²) in [7, 11) is 0. The van der Waals surface area contributed by atoms with Crippen LogP contribution in [0.25, 0.3) is 10.8 Å². The first-order valence-corrected chi connectivity index (χ1v) is 8.28. The van der Waals surface area contributed by atoms with E-state index in [-0.39, 0.29) is 11.9 Å². The number of hydrogen-bond donors (Lipinski definition) is 2. The van der Waals surface area contributed by atoms with E-state index < -0.39 is 5.92 Å². The predicted molar refractivity (Wildman–Crippen MR) is 103 cm³/mol. The number of fused-ring (bicyclic) bond motifs is 1. The quantitative estimate of drug-likeness (QED) is 0.556. The molecule has 4 nitrogen and oxygen atoms in total. The van der Waals surface area contributed by atoms with Gasteiger partial charge in [-0.1, -0.05) is 66.2 Å². The molecule has 1 unspecified atom stereocenters. The minimum absolute atomic E-state index is 0.230. The lowest BCUT2D eigenvalue weighted by molar-refractivity contribution is -0.119. The highest BCUT2D eigenvalue weighted by Crippen LogP contribution is 2.30. The fraction of sp³-hybridized carbons (Fsp3) is 0.100. The Morgan fingerprint density at radius 1 is 0.960 bits per heavy atom. The number of amides is 1. The molecule has 0 aliphatic carbocycles. The highest BCUT2D eigenvalue weighted by atomic mass is 35.5. The minimum Gasteiger partial charge on any atom is -0.370 e. The van der Waals surface area contributed by atoms with Crippen LogP contribution in [0.15, 0.2) is 71.7 Å². The zero-order valence-electron chi connectivity index (χ0n) is 13.5. The summed E-state index contributed by atoms with van der Waals surface area (Å²) >= 11 is 5.95. The van der Waals surface area contributed by atoms with Crippen molar-refractivity contribution in [1.82, 2.24) is 0 Å². The number of carbonyl (C=O) groups excluding carboxylic acids is 1. The third kappa shape index (κ3) is 3.98. The van der Waals surface area contributed by atoms with Gasteiger partial charge in [0.15, 0.2) is 5.96 Å². The van der Waals surface area contributed by atoms with E-state index in [2.05, 4.69) is 4.99 Å². The summed E-state index contributed by atoms with van der Waals surface area (Å²) in [6.07, 6.45) is 0.487. The third-order valence-electron chi connectivity index (χ3n) is 4.09. The van der Waals surface area contributed by atoms with E-state index in [0.29, 0.717) is 11.4 Å². The summed E-state index contributed by atoms with van der Waals surface area (Å²) in [5.41, 5.74) is 12.7. The lowest BCUT2D eigenvalue weighted by Crippen LogP contribution is -2.26. The molecule has 25 heavy (non-hydrogen) atoms. The molecule has 0 radical (unpaired) electrons. The summed E-state index contributed by atoms with van der Waals surface area (Å²) in [4.78, 5) is 16.5. The van der Waals surface area contributed by atoms with E-state index >= 15 is 0 Å². The number of hydrogen-bond acceptors (Lipinski definition) is 1. The highest BCUT2D eigenvalue weighted by molar-refractivity contribution is 6.30. The predicted octanol–water partition coefficient (Wildman–Crippen LogP) is 3.62. The van der Waals surface area contributed by atoms with Crippen LogP contribution in [0.4, 0.5) is 0 Å². The molecular formula is C20H18ClN3O. The Bertz CT molecular complexity index is 926. The molecule has 0 spiro atoms. The van der Waals surface area contributed by atoms with Crippen molar-refractivity contribution in [3.8, 4) is 0 Å². The molecule has 4 N–H and O–H groups in total. The largest absolute Gasteiger partial charge is 0.370 e. The Labute approximate surface area is 151 Å². The third-order valence-corrected chi connectivity index (χ3v) is 4.34. The smallest absolute Gasteiger partial charge is 0.256 e. The van der Waals surface area contributed by atoms with Gasteiger partial charge in [0.25, 0.3) is 5.91 Å². The Morgan fingerprint density at radius 2 is 1.64 bits per heavy atom. The van der Waals surface area contributed by atoms with Crippen LogP contribution >= 0.6 is 11.6 Å². The van der Waals surface area contributed by atoms with Crippen molar-refractivity contribution < 1.29 is 4.79 Å². The number of nitrogens with zero attached hydrogens (tertiary/aromatic N) is 1. The van der Waals surface area contributed by atoms with Gasteiger partial charge < -0.3 is 11.5 Å². The second-order valence-electron chi connectivity index (χ2n) is 5.83. The van der Waals surface area contributed by atoms with Crippen LogP contribution in [0.5, 0.6) is 0 Å². The molecule has 1 atom stereocenters. The fourth-order valence-electron chi connectivity index (χ4n) is 2.95. The van der Waals surface area contributed by atoms with Crippen LogP contribution in [-0.2, 0) is 11.2 Å². The normalized spacial score (nSPS) is 11.9. The summed E-state index contributed by atoms with van der Waals surface area (Å²) < 4.78 is 0. The molecule has 0 saturated heterocycles. The zero-order valence-corrected chi connectivity index (χ0v) is 14.3. The Kier molecular flexibility index (Phi) is 5.00. The van der Waals surface area contributed by atoms with Gasteiger partial charge in [-0.05, 0) is 40.5 Å². The highest BCUT2D eigenvalue weighted by Gasteiger charge is 2.23. The number of halogens is 1. The second-order valence-corrected chi connectivity index (χ2v) is 6.26. The van der Waals surface area contributed by atoms with Crippen molar-refractivity contribution in [2.75, 3.05) is 0 Å². The van der Waals surface area contributed by atoms with E-state index in [1.807, 2.05) is 66.7 Å². The number of nitrogens with two attached hydrogens (primary N) is 2. The summed E-state index contributed by atoms with van der Waals surface area (Å²) in [6, 6.07) is 21.3. The maximum atomic E-state index is 12.7. The van der Waals surface area contributed by atoms with Crippen molar-refractivity contribution in [3.63, 3.8) is 0 Å². The first kappa shape index (κ1) is 17.0. The first-order chi connectivity index (χ1) is 12.0. The average Bonchev–Trinajstić information content (AvgIpc) is 2.60. The van der Waals surface area contributed by atoms with Gasteiger partial charge >= 0.3 is 0 Å². The van der Waals surface area contributed by atoms with Gasteiger partial charge in [0.05, 0.1) is 5.92 Å². The molecule has 0 aliphatic heterocycles. The monoisotopic (exact) mass is 351 g/mol. The standard InChI is InChI=1S/C20H18ClN3O/c21-15-10-8-13(9-11-15)12-18(19(25)24-20(22)23)17-7-3-5-14-4-1-2-6-16(14)17/h1-11,18H,12H2,(H4,22,23,24,25). The summed E-state index contributed by atoms with van der Waals surface area (Å²) in [5.74, 6) is -1.06. The Balaban J connectivity index is 2.08. The van der Waals surface area contributed by atoms with E-state index in [9.17, 15) is 4.79 Å². The minimum atomic E-state index is -0.477. The number of benzene rings is 3. The van der Waals surface area contributed by atoms with Crippen LogP contribution in [0.2, 0.25) is 5.02 Å². The van der Waals surface area contributed by atoms with Crippen molar-refractivity contribution in [3.05, 3.63) is 82.9 Å². The van der Waals surface area contributed by atoms with Gasteiger partial charge in [0, 0.05) is 5.02 Å². The van der Waals surface area contributed by atoms with E-state index in [0.717, 1.165) is 21.9 Å². The molecule has 0 aliphatic rings. The van der Waals surface area contributed by atoms with Crippen molar-refractivity contribution in [1.29, 1.82) is 0 Å². The molecule has 0 bridgehead atoms. The van der Waals surface area contributed by atoms with Gasteiger partial charge in [0.2, 0.25) is 0 Å². The molecular weight excluding hydrogens is 334 g/mol. The van der Waals surface area contributed by atoms with Crippen LogP contribution in [0, 0.1) is 0 Å². The van der Waals surface area contributed by atoms with Crippen molar-refractivity contribution >= 4 is 34.2 Å². The van der Waals surface area contributed by atoms with E-state index in [1.54, 1.807) is 0 Å². The lowest BCUT2D eigenvalue weighted by atomic mass is 9.88. The molecule has 3 aromatic carbocycles. The van der Waals surface area contributed by atoms with Crippen molar-refractivity contribution in [2.45, 2.75) is 12.3 Å². The SMILES string of the molecule is NC(N)=NC(=O)C(Cc1ccc(Cl)cc1)c1cccc2ccccc12. The number of aliphatic imine (C=N–C) groups is 1. The molecule has 1 amide bonds. The Morgan fingerprint density at radius 3 is 2.36 bits per heavy atom. The molecule has 0 fully saturated rings. The molecule has 3 aromatic rings. The summed E-state index contributed by atoms with van der Waals surface area (Å²) in [5, 5.41) is 2.74. The van der Waals surface area contributed by atoms with Crippen LogP contribution in [0.1, 0.15) is 17.0 Å². The molecule has 0 aromatic heterocycles. The van der Waals surface area contributed by atoms with E-state index in [4.69, 9.17) is 23.1 Å². The number of guanidine groups is 1. The first-order valence-electron chi connectivity index (χ1n) is 7.90. The molecule has 0 heterocycles. The van der Waals surface area contributed by atoms with E-state index in [1.165, 1.54) is 0 Å². The van der Waals surface area contributed by atoms with Gasteiger partial charge in [0.1, 0.15) is 0 Å². The van der Waals surface area contributed by atoms with Gasteiger partial charge in [-0.2, -0.15) is 4.99 Å².